The van der Waals surface area contributed by atoms with Gasteiger partial charge in [0.25, 0.3) is 5.91 Å². The Balaban J connectivity index is 1.32. The Bertz CT molecular complexity index is 1060. The van der Waals surface area contributed by atoms with Crippen LogP contribution in [-0.4, -0.2) is 45.7 Å². The second kappa shape index (κ2) is 9.32. The number of aromatic nitrogens is 3. The highest BCUT2D eigenvalue weighted by Gasteiger charge is 2.30. The van der Waals surface area contributed by atoms with Crippen molar-refractivity contribution in [2.45, 2.75) is 70.5 Å². The van der Waals surface area contributed by atoms with Crippen LogP contribution in [-0.2, 0) is 25.9 Å². The molecule has 5 rings (SSSR count). The predicted molar refractivity (Wildman–Crippen MR) is 129 cm³/mol. The largest absolute Gasteiger partial charge is 0.343 e. The molecular weight excluding hydrogens is 418 g/mol. The molecule has 1 unspecified atom stereocenters. The van der Waals surface area contributed by atoms with Gasteiger partial charge in [0, 0.05) is 44.5 Å². The molecular formula is C25H33N5OS. The van der Waals surface area contributed by atoms with E-state index in [4.69, 9.17) is 10.1 Å². The Morgan fingerprint density at radius 2 is 2.00 bits per heavy atom. The molecule has 3 aromatic rings. The average Bonchev–Trinajstić information content (AvgIpc) is 3.39. The number of para-hydroxylation sites is 1. The summed E-state index contributed by atoms with van der Waals surface area (Å²) in [7, 11) is 3.64. The van der Waals surface area contributed by atoms with Crippen molar-refractivity contribution >= 4 is 27.5 Å². The maximum atomic E-state index is 12.9. The fourth-order valence-corrected chi connectivity index (χ4v) is 6.16. The fraction of sp³-hybridized carbons (Fsp3) is 0.560. The van der Waals surface area contributed by atoms with Crippen LogP contribution in [0.2, 0.25) is 0 Å². The topological polar surface area (TPSA) is 63.1 Å². The first-order valence-corrected chi connectivity index (χ1v) is 12.8. The number of benzene rings is 1. The molecule has 0 aliphatic heterocycles. The molecule has 0 radical (unpaired) electrons. The first-order valence-electron chi connectivity index (χ1n) is 12.0. The molecule has 2 aromatic heterocycles. The van der Waals surface area contributed by atoms with Gasteiger partial charge in [0.1, 0.15) is 5.01 Å². The first kappa shape index (κ1) is 21.6. The lowest BCUT2D eigenvalue weighted by Gasteiger charge is -2.26. The monoisotopic (exact) mass is 451 g/mol. The summed E-state index contributed by atoms with van der Waals surface area (Å²) < 4.78 is 3.42. The highest BCUT2D eigenvalue weighted by atomic mass is 32.1. The van der Waals surface area contributed by atoms with Gasteiger partial charge in [-0.15, -0.1) is 11.3 Å². The average molecular weight is 452 g/mol. The molecule has 1 N–H and O–H groups in total. The van der Waals surface area contributed by atoms with Crippen molar-refractivity contribution in [1.82, 2.24) is 25.0 Å². The first-order chi connectivity index (χ1) is 15.6. The molecule has 170 valence electrons. The fourth-order valence-electron chi connectivity index (χ4n) is 5.24. The van der Waals surface area contributed by atoms with Crippen molar-refractivity contribution in [2.24, 2.45) is 5.92 Å². The maximum absolute atomic E-state index is 12.9. The molecule has 2 heterocycles. The van der Waals surface area contributed by atoms with Gasteiger partial charge < -0.3 is 10.2 Å². The minimum atomic E-state index is 0.0236. The van der Waals surface area contributed by atoms with Gasteiger partial charge in [0.05, 0.1) is 10.2 Å². The van der Waals surface area contributed by atoms with Crippen LogP contribution < -0.4 is 5.32 Å². The summed E-state index contributed by atoms with van der Waals surface area (Å²) in [5.41, 5.74) is 4.18. The minimum absolute atomic E-state index is 0.0236. The zero-order valence-electron chi connectivity index (χ0n) is 19.1. The SMILES string of the molecule is CN(C)C(=O)c1nn(CC2CCCCC2)c2c1CC(NCc1nc3ccccc3s1)CC2. The number of nitrogens with zero attached hydrogens (tertiary/aromatic N) is 4. The number of amides is 1. The Morgan fingerprint density at radius 3 is 2.78 bits per heavy atom. The Hall–Kier alpha value is -2.25. The Labute approximate surface area is 194 Å². The number of fused-ring (bicyclic) bond motifs is 2. The van der Waals surface area contributed by atoms with Gasteiger partial charge in [0.15, 0.2) is 5.69 Å². The second-order valence-corrected chi connectivity index (χ2v) is 10.7. The molecule has 7 heteroatoms. The molecule has 1 amide bonds. The van der Waals surface area contributed by atoms with Gasteiger partial charge in [0.2, 0.25) is 0 Å². The van der Waals surface area contributed by atoms with E-state index in [0.29, 0.717) is 17.7 Å². The number of hydrogen-bond donors (Lipinski definition) is 1. The normalized spacial score (nSPS) is 19.2. The van der Waals surface area contributed by atoms with Crippen LogP contribution in [0.3, 0.4) is 0 Å². The highest BCUT2D eigenvalue weighted by molar-refractivity contribution is 7.18. The molecule has 0 spiro atoms. The van der Waals surface area contributed by atoms with E-state index in [1.165, 1.54) is 42.5 Å². The standard InChI is InChI=1S/C25H33N5OS/c1-29(2)25(31)24-19-14-18(26-15-23-27-20-10-6-7-11-22(20)32-23)12-13-21(19)30(28-24)16-17-8-4-3-5-9-17/h6-7,10-11,17-18,26H,3-5,8-9,12-16H2,1-2H3. The van der Waals surface area contributed by atoms with Crippen LogP contribution in [0.4, 0.5) is 0 Å². The van der Waals surface area contributed by atoms with E-state index in [1.807, 2.05) is 20.2 Å². The van der Waals surface area contributed by atoms with Crippen molar-refractivity contribution in [3.63, 3.8) is 0 Å². The summed E-state index contributed by atoms with van der Waals surface area (Å²) in [6.45, 7) is 1.74. The van der Waals surface area contributed by atoms with Crippen molar-refractivity contribution in [2.75, 3.05) is 14.1 Å². The van der Waals surface area contributed by atoms with Crippen LogP contribution in [0.5, 0.6) is 0 Å². The molecule has 1 atom stereocenters. The molecule has 2 aliphatic rings. The predicted octanol–water partition coefficient (Wildman–Crippen LogP) is 4.42. The van der Waals surface area contributed by atoms with E-state index in [1.54, 1.807) is 16.2 Å². The van der Waals surface area contributed by atoms with Crippen LogP contribution >= 0.6 is 11.3 Å². The van der Waals surface area contributed by atoms with Gasteiger partial charge in [-0.3, -0.25) is 9.48 Å². The zero-order valence-corrected chi connectivity index (χ0v) is 20.0. The van der Waals surface area contributed by atoms with Crippen LogP contribution in [0.1, 0.15) is 65.3 Å². The summed E-state index contributed by atoms with van der Waals surface area (Å²) in [5.74, 6) is 0.723. The van der Waals surface area contributed by atoms with E-state index in [0.717, 1.165) is 48.4 Å². The zero-order chi connectivity index (χ0) is 22.1. The molecule has 0 saturated heterocycles. The van der Waals surface area contributed by atoms with Gasteiger partial charge in [-0.2, -0.15) is 5.10 Å². The number of rotatable bonds is 6. The number of carbonyl (C=O) groups is 1. The van der Waals surface area contributed by atoms with Crippen molar-refractivity contribution < 1.29 is 4.79 Å². The van der Waals surface area contributed by atoms with Crippen molar-refractivity contribution in [3.05, 3.63) is 46.2 Å². The summed E-state index contributed by atoms with van der Waals surface area (Å²) in [4.78, 5) is 19.3. The molecule has 0 bridgehead atoms. The third-order valence-corrected chi connectivity index (χ3v) is 8.03. The van der Waals surface area contributed by atoms with E-state index in [9.17, 15) is 4.79 Å². The van der Waals surface area contributed by atoms with E-state index >= 15 is 0 Å². The van der Waals surface area contributed by atoms with Gasteiger partial charge in [-0.1, -0.05) is 31.4 Å². The Kier molecular flexibility index (Phi) is 6.28. The highest BCUT2D eigenvalue weighted by Crippen LogP contribution is 2.30. The third kappa shape index (κ3) is 4.46. The quantitative estimate of drug-likeness (QED) is 0.603. The molecule has 1 aromatic carbocycles. The number of hydrogen-bond acceptors (Lipinski definition) is 5. The van der Waals surface area contributed by atoms with E-state index in [2.05, 4.69) is 28.2 Å². The van der Waals surface area contributed by atoms with Crippen molar-refractivity contribution in [3.8, 4) is 0 Å². The minimum Gasteiger partial charge on any atom is -0.343 e. The lowest BCUT2D eigenvalue weighted by Crippen LogP contribution is -2.35. The van der Waals surface area contributed by atoms with Crippen LogP contribution in [0.15, 0.2) is 24.3 Å². The maximum Gasteiger partial charge on any atom is 0.274 e. The summed E-state index contributed by atoms with van der Waals surface area (Å²) >= 11 is 1.76. The van der Waals surface area contributed by atoms with E-state index in [-0.39, 0.29) is 5.91 Å². The van der Waals surface area contributed by atoms with Crippen molar-refractivity contribution in [1.29, 1.82) is 0 Å². The van der Waals surface area contributed by atoms with E-state index < -0.39 is 0 Å². The Morgan fingerprint density at radius 1 is 1.19 bits per heavy atom. The van der Waals surface area contributed by atoms with Crippen LogP contribution in [0, 0.1) is 5.92 Å². The molecule has 6 nitrogen and oxygen atoms in total. The molecule has 1 saturated carbocycles. The molecule has 32 heavy (non-hydrogen) atoms. The van der Waals surface area contributed by atoms with Gasteiger partial charge >= 0.3 is 0 Å². The second-order valence-electron chi connectivity index (χ2n) is 9.56. The molecule has 1 fully saturated rings. The number of nitrogens with one attached hydrogen (secondary N) is 1. The lowest BCUT2D eigenvalue weighted by molar-refractivity contribution is 0.0819. The summed E-state index contributed by atoms with van der Waals surface area (Å²) in [6.07, 6.45) is 9.51. The van der Waals surface area contributed by atoms with Gasteiger partial charge in [-0.05, 0) is 50.2 Å². The van der Waals surface area contributed by atoms with Crippen LogP contribution in [0.25, 0.3) is 10.2 Å². The molecule has 2 aliphatic carbocycles. The smallest absolute Gasteiger partial charge is 0.274 e. The summed E-state index contributed by atoms with van der Waals surface area (Å²) in [5, 5.41) is 9.71. The summed E-state index contributed by atoms with van der Waals surface area (Å²) in [6, 6.07) is 8.64. The van der Waals surface area contributed by atoms with Gasteiger partial charge in [-0.25, -0.2) is 4.98 Å². The lowest BCUT2D eigenvalue weighted by atomic mass is 9.88. The third-order valence-electron chi connectivity index (χ3n) is 6.99. The number of thiazole rings is 1. The number of carbonyl (C=O) groups excluding carboxylic acids is 1.